The number of nitrogens with two attached hydrogens (primary N) is 1. The Bertz CT molecular complexity index is 692. The summed E-state index contributed by atoms with van der Waals surface area (Å²) in [4.78, 5) is 2.19. The molecule has 1 heterocycles. The Morgan fingerprint density at radius 1 is 1.09 bits per heavy atom. The zero-order valence-electron chi connectivity index (χ0n) is 12.7. The van der Waals surface area contributed by atoms with E-state index in [9.17, 15) is 8.78 Å². The molecular weight excluding hydrogens is 318 g/mol. The highest BCUT2D eigenvalue weighted by Crippen LogP contribution is 2.29. The molecule has 0 spiro atoms. The minimum absolute atomic E-state index is 0.0537. The minimum atomic E-state index is -0.819. The summed E-state index contributed by atoms with van der Waals surface area (Å²) in [5.74, 6) is -1.33. The molecule has 5 heteroatoms. The van der Waals surface area contributed by atoms with E-state index in [1.165, 1.54) is 17.7 Å². The van der Waals surface area contributed by atoms with Crippen molar-refractivity contribution in [1.29, 1.82) is 0 Å². The Kier molecular flexibility index (Phi) is 4.95. The molecule has 1 fully saturated rings. The third kappa shape index (κ3) is 4.08. The molecule has 2 aromatic carbocycles. The van der Waals surface area contributed by atoms with Gasteiger partial charge in [-0.3, -0.25) is 4.90 Å². The fourth-order valence-corrected chi connectivity index (χ4v) is 3.46. The van der Waals surface area contributed by atoms with Crippen LogP contribution < -0.4 is 5.73 Å². The van der Waals surface area contributed by atoms with Crippen molar-refractivity contribution in [3.63, 3.8) is 0 Å². The van der Waals surface area contributed by atoms with Crippen molar-refractivity contribution in [2.24, 2.45) is 5.73 Å². The van der Waals surface area contributed by atoms with Crippen molar-refractivity contribution in [3.8, 4) is 0 Å². The quantitative estimate of drug-likeness (QED) is 0.920. The first-order valence-corrected chi connectivity index (χ1v) is 8.06. The van der Waals surface area contributed by atoms with E-state index in [0.29, 0.717) is 17.5 Å². The van der Waals surface area contributed by atoms with Crippen LogP contribution in [0, 0.1) is 11.6 Å². The van der Waals surface area contributed by atoms with Crippen LogP contribution in [-0.4, -0.2) is 24.0 Å². The first-order chi connectivity index (χ1) is 11.0. The van der Waals surface area contributed by atoms with E-state index in [1.807, 2.05) is 18.2 Å². The lowest BCUT2D eigenvalue weighted by Gasteiger charge is -2.36. The van der Waals surface area contributed by atoms with Gasteiger partial charge in [0.1, 0.15) is 0 Å². The highest BCUT2D eigenvalue weighted by atomic mass is 35.5. The SMILES string of the molecule is NC1CC(c2cccc(Cl)c2)CN(Cc2ccc(F)c(F)c2)C1. The maximum Gasteiger partial charge on any atom is 0.159 e. The maximum absolute atomic E-state index is 13.4. The van der Waals surface area contributed by atoms with Crippen LogP contribution in [0.2, 0.25) is 5.02 Å². The van der Waals surface area contributed by atoms with Crippen molar-refractivity contribution in [2.75, 3.05) is 13.1 Å². The molecule has 3 rings (SSSR count). The second-order valence-corrected chi connectivity index (χ2v) is 6.63. The van der Waals surface area contributed by atoms with Gasteiger partial charge in [0.2, 0.25) is 0 Å². The van der Waals surface area contributed by atoms with Gasteiger partial charge in [0, 0.05) is 30.7 Å². The molecule has 1 saturated heterocycles. The van der Waals surface area contributed by atoms with E-state index in [0.717, 1.165) is 25.1 Å². The molecule has 122 valence electrons. The Balaban J connectivity index is 1.74. The van der Waals surface area contributed by atoms with Crippen molar-refractivity contribution in [2.45, 2.75) is 24.9 Å². The zero-order chi connectivity index (χ0) is 16.4. The van der Waals surface area contributed by atoms with Crippen LogP contribution in [-0.2, 0) is 6.54 Å². The monoisotopic (exact) mass is 336 g/mol. The van der Waals surface area contributed by atoms with E-state index < -0.39 is 11.6 Å². The van der Waals surface area contributed by atoms with Gasteiger partial charge in [0.25, 0.3) is 0 Å². The molecule has 1 aliphatic heterocycles. The van der Waals surface area contributed by atoms with Crippen molar-refractivity contribution >= 4 is 11.6 Å². The summed E-state index contributed by atoms with van der Waals surface area (Å²) >= 11 is 6.08. The maximum atomic E-state index is 13.4. The lowest BCUT2D eigenvalue weighted by Crippen LogP contribution is -2.45. The summed E-state index contributed by atoms with van der Waals surface area (Å²) in [6, 6.07) is 11.9. The van der Waals surface area contributed by atoms with Crippen molar-refractivity contribution < 1.29 is 8.78 Å². The molecule has 0 amide bonds. The largest absolute Gasteiger partial charge is 0.327 e. The lowest BCUT2D eigenvalue weighted by molar-refractivity contribution is 0.181. The zero-order valence-corrected chi connectivity index (χ0v) is 13.4. The number of halogens is 3. The van der Waals surface area contributed by atoms with Gasteiger partial charge in [-0.1, -0.05) is 29.8 Å². The summed E-state index contributed by atoms with van der Waals surface area (Å²) in [5.41, 5.74) is 8.11. The number of piperidine rings is 1. The van der Waals surface area contributed by atoms with Gasteiger partial charge in [-0.25, -0.2) is 8.78 Å². The molecule has 1 aliphatic rings. The van der Waals surface area contributed by atoms with Gasteiger partial charge in [0.05, 0.1) is 0 Å². The normalized spacial score (nSPS) is 22.3. The number of hydrogen-bond acceptors (Lipinski definition) is 2. The first-order valence-electron chi connectivity index (χ1n) is 7.68. The number of hydrogen-bond donors (Lipinski definition) is 1. The van der Waals surface area contributed by atoms with Crippen molar-refractivity contribution in [3.05, 3.63) is 70.2 Å². The van der Waals surface area contributed by atoms with Gasteiger partial charge in [-0.2, -0.15) is 0 Å². The van der Waals surface area contributed by atoms with E-state index in [4.69, 9.17) is 17.3 Å². The molecule has 0 aromatic heterocycles. The Morgan fingerprint density at radius 2 is 1.91 bits per heavy atom. The predicted octanol–water partition coefficient (Wildman–Crippen LogP) is 3.94. The lowest BCUT2D eigenvalue weighted by atomic mass is 9.88. The first kappa shape index (κ1) is 16.4. The van der Waals surface area contributed by atoms with Gasteiger partial charge in [-0.15, -0.1) is 0 Å². The highest BCUT2D eigenvalue weighted by molar-refractivity contribution is 6.30. The van der Waals surface area contributed by atoms with E-state index >= 15 is 0 Å². The second-order valence-electron chi connectivity index (χ2n) is 6.19. The fraction of sp³-hybridized carbons (Fsp3) is 0.333. The van der Waals surface area contributed by atoms with Gasteiger partial charge in [-0.05, 0) is 47.7 Å². The Hall–Kier alpha value is -1.49. The van der Waals surface area contributed by atoms with E-state index in [1.54, 1.807) is 6.07 Å². The summed E-state index contributed by atoms with van der Waals surface area (Å²) in [5, 5.41) is 0.716. The topological polar surface area (TPSA) is 29.3 Å². The predicted molar refractivity (Wildman–Crippen MR) is 88.4 cm³/mol. The average molecular weight is 337 g/mol. The number of rotatable bonds is 3. The van der Waals surface area contributed by atoms with Crippen LogP contribution in [0.3, 0.4) is 0 Å². The molecule has 2 unspecified atom stereocenters. The summed E-state index contributed by atoms with van der Waals surface area (Å²) in [6.07, 6.45) is 0.897. The molecular formula is C18H19ClF2N2. The van der Waals surface area contributed by atoms with Crippen LogP contribution in [0.5, 0.6) is 0 Å². The molecule has 0 saturated carbocycles. The number of benzene rings is 2. The third-order valence-corrected chi connectivity index (χ3v) is 4.50. The molecule has 23 heavy (non-hydrogen) atoms. The minimum Gasteiger partial charge on any atom is -0.327 e. The van der Waals surface area contributed by atoms with Gasteiger partial charge in [0.15, 0.2) is 11.6 Å². The highest BCUT2D eigenvalue weighted by Gasteiger charge is 2.26. The third-order valence-electron chi connectivity index (χ3n) is 4.27. The van der Waals surface area contributed by atoms with Crippen molar-refractivity contribution in [1.82, 2.24) is 4.90 Å². The fourth-order valence-electron chi connectivity index (χ4n) is 3.26. The van der Waals surface area contributed by atoms with Crippen LogP contribution in [0.1, 0.15) is 23.5 Å². The van der Waals surface area contributed by atoms with Gasteiger partial charge >= 0.3 is 0 Å². The van der Waals surface area contributed by atoms with Crippen LogP contribution >= 0.6 is 11.6 Å². The van der Waals surface area contributed by atoms with E-state index in [2.05, 4.69) is 11.0 Å². The summed E-state index contributed by atoms with van der Waals surface area (Å²) < 4.78 is 26.4. The van der Waals surface area contributed by atoms with Gasteiger partial charge < -0.3 is 5.73 Å². The number of likely N-dealkylation sites (tertiary alicyclic amines) is 1. The Morgan fingerprint density at radius 3 is 2.65 bits per heavy atom. The summed E-state index contributed by atoms with van der Waals surface area (Å²) in [6.45, 7) is 2.13. The van der Waals surface area contributed by atoms with Crippen LogP contribution in [0.25, 0.3) is 0 Å². The number of nitrogens with zero attached hydrogens (tertiary/aromatic N) is 1. The average Bonchev–Trinajstić information content (AvgIpc) is 2.50. The standard InChI is InChI=1S/C18H19ClF2N2/c19-15-3-1-2-13(7-15)14-8-16(22)11-23(10-14)9-12-4-5-17(20)18(21)6-12/h1-7,14,16H,8-11,22H2. The smallest absolute Gasteiger partial charge is 0.159 e. The second kappa shape index (κ2) is 6.95. The molecule has 2 atom stereocenters. The van der Waals surface area contributed by atoms with E-state index in [-0.39, 0.29) is 6.04 Å². The molecule has 2 nitrogen and oxygen atoms in total. The summed E-state index contributed by atoms with van der Waals surface area (Å²) in [7, 11) is 0. The molecule has 0 aliphatic carbocycles. The van der Waals surface area contributed by atoms with Crippen LogP contribution in [0.15, 0.2) is 42.5 Å². The van der Waals surface area contributed by atoms with Crippen LogP contribution in [0.4, 0.5) is 8.78 Å². The molecule has 2 N–H and O–H groups in total. The Labute approximate surface area is 139 Å². The molecule has 0 bridgehead atoms. The molecule has 2 aromatic rings. The molecule has 0 radical (unpaired) electrons.